The fourth-order valence-electron chi connectivity index (χ4n) is 0.836. The van der Waals surface area contributed by atoms with Crippen LogP contribution in [0.4, 0.5) is 0 Å². The zero-order valence-corrected chi connectivity index (χ0v) is 6.65. The lowest BCUT2D eigenvalue weighted by Crippen LogP contribution is -2.05. The largest absolute Gasteiger partial charge is 0.434 e. The Labute approximate surface area is 66.5 Å². The summed E-state index contributed by atoms with van der Waals surface area (Å²) < 4.78 is 6.96. The molecule has 1 unspecified atom stereocenters. The normalized spacial score (nSPS) is 21.9. The summed E-state index contributed by atoms with van der Waals surface area (Å²) in [6.45, 7) is 0. The summed E-state index contributed by atoms with van der Waals surface area (Å²) in [5.74, 6) is 0. The Balaban J connectivity index is 2.48. The van der Waals surface area contributed by atoms with Gasteiger partial charge in [-0.3, -0.25) is 4.57 Å². The highest BCUT2D eigenvalue weighted by atomic mass is 79.9. The molecule has 0 amide bonds. The lowest BCUT2D eigenvalue weighted by molar-refractivity contribution is 0.395. The summed E-state index contributed by atoms with van der Waals surface area (Å²) in [6, 6.07) is 0.629. The number of rotatable bonds is 0. The van der Waals surface area contributed by atoms with Crippen LogP contribution in [-0.4, -0.2) is 9.55 Å². The third-order valence-electron chi connectivity index (χ3n) is 1.31. The maximum Gasteiger partial charge on any atom is 0.302 e. The van der Waals surface area contributed by atoms with E-state index in [4.69, 9.17) is 4.74 Å². The molecule has 1 aromatic rings. The molecule has 2 heterocycles. The summed E-state index contributed by atoms with van der Waals surface area (Å²) >= 11 is 3.42. The maximum atomic E-state index is 5.08. The molecule has 0 fully saturated rings. The highest BCUT2D eigenvalue weighted by Crippen LogP contribution is 2.25. The first-order valence-corrected chi connectivity index (χ1v) is 3.80. The molecule has 1 aromatic heterocycles. The van der Waals surface area contributed by atoms with Gasteiger partial charge in [0.15, 0.2) is 0 Å². The first-order chi connectivity index (χ1) is 4.88. The predicted octanol–water partition coefficient (Wildman–Crippen LogP) is 1.68. The van der Waals surface area contributed by atoms with Crippen LogP contribution in [0.15, 0.2) is 24.7 Å². The van der Waals surface area contributed by atoms with Crippen LogP contribution < -0.4 is 4.74 Å². The van der Waals surface area contributed by atoms with Crippen molar-refractivity contribution in [2.75, 3.05) is 0 Å². The number of nitrogens with zero attached hydrogens (tertiary/aromatic N) is 2. The summed E-state index contributed by atoms with van der Waals surface area (Å²) in [7, 11) is 0. The van der Waals surface area contributed by atoms with E-state index in [9.17, 15) is 0 Å². The van der Waals surface area contributed by atoms with Crippen LogP contribution in [0.25, 0.3) is 0 Å². The van der Waals surface area contributed by atoms with Gasteiger partial charge < -0.3 is 4.74 Å². The van der Waals surface area contributed by atoms with E-state index in [1.807, 2.05) is 16.8 Å². The zero-order valence-electron chi connectivity index (χ0n) is 5.07. The van der Waals surface area contributed by atoms with Crippen LogP contribution in [0.1, 0.15) is 4.95 Å². The molecule has 52 valence electrons. The van der Waals surface area contributed by atoms with Gasteiger partial charge in [-0.15, -0.1) is 0 Å². The minimum atomic E-state index is 0.179. The van der Waals surface area contributed by atoms with Gasteiger partial charge in [0.2, 0.25) is 0 Å². The topological polar surface area (TPSA) is 27.1 Å². The molecule has 2 rings (SSSR count). The third kappa shape index (κ3) is 0.759. The second kappa shape index (κ2) is 2.12. The van der Waals surface area contributed by atoms with Crippen molar-refractivity contribution >= 4 is 15.9 Å². The Morgan fingerprint density at radius 2 is 2.60 bits per heavy atom. The van der Waals surface area contributed by atoms with Crippen molar-refractivity contribution in [3.63, 3.8) is 0 Å². The average molecular weight is 201 g/mol. The van der Waals surface area contributed by atoms with E-state index in [0.717, 1.165) is 0 Å². The summed E-state index contributed by atoms with van der Waals surface area (Å²) in [5.41, 5.74) is 0. The molecule has 4 heteroatoms. The van der Waals surface area contributed by atoms with E-state index < -0.39 is 0 Å². The van der Waals surface area contributed by atoms with E-state index in [0.29, 0.717) is 6.01 Å². The van der Waals surface area contributed by atoms with E-state index in [-0.39, 0.29) is 4.95 Å². The summed E-state index contributed by atoms with van der Waals surface area (Å²) in [4.78, 5) is 4.15. The average Bonchev–Trinajstić information content (AvgIpc) is 2.36. The van der Waals surface area contributed by atoms with Crippen LogP contribution in [-0.2, 0) is 0 Å². The van der Waals surface area contributed by atoms with E-state index >= 15 is 0 Å². The van der Waals surface area contributed by atoms with Crippen molar-refractivity contribution in [3.05, 3.63) is 24.7 Å². The number of fused-ring (bicyclic) bond motifs is 1. The van der Waals surface area contributed by atoms with Gasteiger partial charge in [0.05, 0.1) is 6.26 Å². The molecule has 0 spiro atoms. The van der Waals surface area contributed by atoms with Crippen molar-refractivity contribution in [1.29, 1.82) is 0 Å². The fraction of sp³-hybridized carbons (Fsp3) is 0.167. The quantitative estimate of drug-likeness (QED) is 0.597. The number of aromatic nitrogens is 2. The molecule has 0 aromatic carbocycles. The van der Waals surface area contributed by atoms with Gasteiger partial charge in [-0.05, 0) is 6.08 Å². The van der Waals surface area contributed by atoms with E-state index in [2.05, 4.69) is 20.9 Å². The first kappa shape index (κ1) is 5.97. The van der Waals surface area contributed by atoms with Crippen molar-refractivity contribution < 1.29 is 4.74 Å². The summed E-state index contributed by atoms with van der Waals surface area (Å²) in [5, 5.41) is 0. The minimum Gasteiger partial charge on any atom is -0.434 e. The van der Waals surface area contributed by atoms with Crippen LogP contribution in [0.5, 0.6) is 6.01 Å². The Morgan fingerprint density at radius 1 is 1.70 bits per heavy atom. The molecular weight excluding hydrogens is 196 g/mol. The van der Waals surface area contributed by atoms with Crippen LogP contribution in [0.2, 0.25) is 0 Å². The molecule has 0 saturated carbocycles. The molecule has 0 bridgehead atoms. The number of imidazole rings is 1. The van der Waals surface area contributed by atoms with Gasteiger partial charge in [-0.1, -0.05) is 15.9 Å². The van der Waals surface area contributed by atoms with Gasteiger partial charge in [0.1, 0.15) is 4.95 Å². The highest BCUT2D eigenvalue weighted by molar-refractivity contribution is 9.09. The first-order valence-electron chi connectivity index (χ1n) is 2.88. The Hall–Kier alpha value is -0.770. The Morgan fingerprint density at radius 3 is 3.40 bits per heavy atom. The SMILES string of the molecule is BrC1C=COc2nccn21. The number of alkyl halides is 1. The zero-order chi connectivity index (χ0) is 6.97. The minimum absolute atomic E-state index is 0.179. The molecule has 0 saturated heterocycles. The molecule has 1 aliphatic heterocycles. The van der Waals surface area contributed by atoms with E-state index in [1.165, 1.54) is 0 Å². The van der Waals surface area contributed by atoms with Gasteiger partial charge in [0.25, 0.3) is 0 Å². The standard InChI is InChI=1S/C6H5BrN2O/c7-5-1-4-10-6-8-2-3-9(5)6/h1-5H. The Bertz CT molecular complexity index is 268. The lowest BCUT2D eigenvalue weighted by atomic mass is 10.5. The van der Waals surface area contributed by atoms with Gasteiger partial charge >= 0.3 is 6.01 Å². The Kier molecular flexibility index (Phi) is 1.27. The molecule has 3 nitrogen and oxygen atoms in total. The maximum absolute atomic E-state index is 5.08. The predicted molar refractivity (Wildman–Crippen MR) is 40.0 cm³/mol. The van der Waals surface area contributed by atoms with Crippen molar-refractivity contribution in [3.8, 4) is 6.01 Å². The number of allylic oxidation sites excluding steroid dienone is 1. The number of halogens is 1. The van der Waals surface area contributed by atoms with Gasteiger partial charge in [-0.2, -0.15) is 0 Å². The van der Waals surface area contributed by atoms with Crippen molar-refractivity contribution in [2.24, 2.45) is 0 Å². The number of hydrogen-bond donors (Lipinski definition) is 0. The molecule has 10 heavy (non-hydrogen) atoms. The summed E-state index contributed by atoms with van der Waals surface area (Å²) in [6.07, 6.45) is 7.09. The van der Waals surface area contributed by atoms with E-state index in [1.54, 1.807) is 12.5 Å². The van der Waals surface area contributed by atoms with Crippen LogP contribution >= 0.6 is 15.9 Å². The molecule has 0 N–H and O–H groups in total. The third-order valence-corrected chi connectivity index (χ3v) is 2.06. The molecule has 1 atom stereocenters. The van der Waals surface area contributed by atoms with Crippen molar-refractivity contribution in [1.82, 2.24) is 9.55 Å². The number of ether oxygens (including phenoxy) is 1. The smallest absolute Gasteiger partial charge is 0.302 e. The highest BCUT2D eigenvalue weighted by Gasteiger charge is 2.12. The molecule has 0 aliphatic carbocycles. The van der Waals surface area contributed by atoms with Gasteiger partial charge in [-0.25, -0.2) is 4.98 Å². The second-order valence-electron chi connectivity index (χ2n) is 1.94. The lowest BCUT2D eigenvalue weighted by Gasteiger charge is -2.13. The fourth-order valence-corrected chi connectivity index (χ4v) is 1.27. The van der Waals surface area contributed by atoms with Crippen LogP contribution in [0.3, 0.4) is 0 Å². The molecule has 1 aliphatic rings. The van der Waals surface area contributed by atoms with Crippen LogP contribution in [0, 0.1) is 0 Å². The second-order valence-corrected chi connectivity index (χ2v) is 2.87. The van der Waals surface area contributed by atoms with Gasteiger partial charge in [0, 0.05) is 12.4 Å². The molecule has 0 radical (unpaired) electrons. The monoisotopic (exact) mass is 200 g/mol. The molecular formula is C6H5BrN2O. The van der Waals surface area contributed by atoms with Crippen molar-refractivity contribution in [2.45, 2.75) is 4.95 Å². The number of hydrogen-bond acceptors (Lipinski definition) is 2.